The van der Waals surface area contributed by atoms with Gasteiger partial charge in [-0.1, -0.05) is 13.3 Å². The average Bonchev–Trinajstić information content (AvgIpc) is 2.29. The predicted octanol–water partition coefficient (Wildman–Crippen LogP) is 0.143. The third kappa shape index (κ3) is 3.16. The minimum absolute atomic E-state index is 0.0295. The van der Waals surface area contributed by atoms with Crippen LogP contribution in [0.1, 0.15) is 37.2 Å². The number of aliphatic carboxylic acids is 1. The summed E-state index contributed by atoms with van der Waals surface area (Å²) in [5, 5.41) is 11.5. The van der Waals surface area contributed by atoms with Crippen LogP contribution in [0.3, 0.4) is 0 Å². The molecular weight excluding hydrogens is 238 g/mol. The first-order valence-corrected chi connectivity index (χ1v) is 5.49. The van der Waals surface area contributed by atoms with Crippen molar-refractivity contribution < 1.29 is 14.7 Å². The Kier molecular flexibility index (Phi) is 4.19. The smallest absolute Gasteiger partial charge is 0.329 e. The third-order valence-corrected chi connectivity index (χ3v) is 2.52. The highest BCUT2D eigenvalue weighted by molar-refractivity contribution is 5.95. The molecule has 98 valence electrons. The minimum Gasteiger partial charge on any atom is -0.480 e. The molecule has 1 unspecified atom stereocenters. The first-order chi connectivity index (χ1) is 8.39. The van der Waals surface area contributed by atoms with Crippen LogP contribution in [0.4, 0.5) is 0 Å². The van der Waals surface area contributed by atoms with Crippen molar-refractivity contribution in [3.8, 4) is 0 Å². The Bertz CT molecular complexity index is 491. The summed E-state index contributed by atoms with van der Waals surface area (Å²) in [6, 6.07) is 0. The van der Waals surface area contributed by atoms with Gasteiger partial charge in [0.05, 0.1) is 6.20 Å². The molecule has 0 radical (unpaired) electrons. The monoisotopic (exact) mass is 253 g/mol. The molecular formula is C11H15N3O4. The Labute approximate surface area is 103 Å². The Morgan fingerprint density at radius 3 is 2.67 bits per heavy atom. The van der Waals surface area contributed by atoms with E-state index in [1.54, 1.807) is 0 Å². The molecule has 1 amide bonds. The molecule has 0 bridgehead atoms. The average molecular weight is 253 g/mol. The minimum atomic E-state index is -1.34. The van der Waals surface area contributed by atoms with Gasteiger partial charge in [-0.15, -0.1) is 0 Å². The van der Waals surface area contributed by atoms with Crippen LogP contribution in [0, 0.1) is 0 Å². The van der Waals surface area contributed by atoms with Crippen molar-refractivity contribution in [3.63, 3.8) is 0 Å². The van der Waals surface area contributed by atoms with Crippen LogP contribution in [-0.4, -0.2) is 32.5 Å². The van der Waals surface area contributed by atoms with Gasteiger partial charge in [0.25, 0.3) is 11.5 Å². The highest BCUT2D eigenvalue weighted by atomic mass is 16.4. The van der Waals surface area contributed by atoms with Crippen LogP contribution in [0.5, 0.6) is 0 Å². The third-order valence-electron chi connectivity index (χ3n) is 2.52. The van der Waals surface area contributed by atoms with Crippen LogP contribution in [0.15, 0.2) is 17.2 Å². The molecule has 0 aliphatic rings. The fourth-order valence-electron chi connectivity index (χ4n) is 1.50. The number of aromatic amines is 1. The van der Waals surface area contributed by atoms with Crippen molar-refractivity contribution in [1.29, 1.82) is 0 Å². The maximum absolute atomic E-state index is 11.8. The Morgan fingerprint density at radius 1 is 1.56 bits per heavy atom. The number of H-pyrrole nitrogens is 1. The zero-order valence-electron chi connectivity index (χ0n) is 10.2. The van der Waals surface area contributed by atoms with E-state index in [1.165, 1.54) is 6.92 Å². The second-order valence-corrected chi connectivity index (χ2v) is 4.14. The number of carboxylic acids is 1. The lowest BCUT2D eigenvalue weighted by Crippen LogP contribution is -2.52. The van der Waals surface area contributed by atoms with Crippen molar-refractivity contribution in [2.45, 2.75) is 32.2 Å². The van der Waals surface area contributed by atoms with E-state index >= 15 is 0 Å². The van der Waals surface area contributed by atoms with Crippen LogP contribution >= 0.6 is 0 Å². The van der Waals surface area contributed by atoms with Crippen LogP contribution in [-0.2, 0) is 4.79 Å². The molecule has 7 nitrogen and oxygen atoms in total. The lowest BCUT2D eigenvalue weighted by molar-refractivity contribution is -0.144. The molecule has 7 heteroatoms. The molecule has 1 heterocycles. The summed E-state index contributed by atoms with van der Waals surface area (Å²) in [5.74, 6) is -1.74. The number of nitrogens with zero attached hydrogens (tertiary/aromatic N) is 1. The van der Waals surface area contributed by atoms with E-state index in [-0.39, 0.29) is 5.69 Å². The fourth-order valence-corrected chi connectivity index (χ4v) is 1.50. The molecule has 0 aromatic carbocycles. The number of carboxylic acid groups (broad SMARTS) is 1. The van der Waals surface area contributed by atoms with E-state index in [2.05, 4.69) is 15.3 Å². The van der Waals surface area contributed by atoms with Crippen LogP contribution in [0.2, 0.25) is 0 Å². The highest BCUT2D eigenvalue weighted by Gasteiger charge is 2.34. The molecule has 1 rings (SSSR count). The summed E-state index contributed by atoms with van der Waals surface area (Å²) in [6.07, 6.45) is 3.03. The number of amides is 1. The normalized spacial score (nSPS) is 13.7. The molecule has 0 spiro atoms. The molecule has 0 fully saturated rings. The summed E-state index contributed by atoms with van der Waals surface area (Å²) >= 11 is 0. The van der Waals surface area contributed by atoms with E-state index in [0.717, 1.165) is 12.4 Å². The Hall–Kier alpha value is -2.18. The van der Waals surface area contributed by atoms with Crippen molar-refractivity contribution in [2.75, 3.05) is 0 Å². The van der Waals surface area contributed by atoms with E-state index in [9.17, 15) is 14.4 Å². The Morgan fingerprint density at radius 2 is 2.22 bits per heavy atom. The SMILES string of the molecule is CCCC(C)(NC(=O)c1c[nH]c(=O)cn1)C(=O)O. The van der Waals surface area contributed by atoms with E-state index in [0.29, 0.717) is 12.8 Å². The van der Waals surface area contributed by atoms with E-state index in [1.807, 2.05) is 6.92 Å². The molecule has 3 N–H and O–H groups in total. The van der Waals surface area contributed by atoms with Gasteiger partial charge < -0.3 is 15.4 Å². The van der Waals surface area contributed by atoms with Gasteiger partial charge in [-0.25, -0.2) is 9.78 Å². The maximum Gasteiger partial charge on any atom is 0.329 e. The predicted molar refractivity (Wildman–Crippen MR) is 63.3 cm³/mol. The van der Waals surface area contributed by atoms with Gasteiger partial charge in [-0.05, 0) is 13.3 Å². The number of carbonyl (C=O) groups excluding carboxylic acids is 1. The molecule has 1 aromatic rings. The van der Waals surface area contributed by atoms with Crippen LogP contribution in [0.25, 0.3) is 0 Å². The topological polar surface area (TPSA) is 112 Å². The van der Waals surface area contributed by atoms with Gasteiger partial charge in [0.15, 0.2) is 0 Å². The van der Waals surface area contributed by atoms with Gasteiger partial charge in [-0.3, -0.25) is 9.59 Å². The van der Waals surface area contributed by atoms with Crippen LogP contribution < -0.4 is 10.9 Å². The number of carbonyl (C=O) groups is 2. The first kappa shape index (κ1) is 13.9. The van der Waals surface area contributed by atoms with Gasteiger partial charge >= 0.3 is 5.97 Å². The first-order valence-electron chi connectivity index (χ1n) is 5.49. The van der Waals surface area contributed by atoms with Gasteiger partial charge in [-0.2, -0.15) is 0 Å². The fraction of sp³-hybridized carbons (Fsp3) is 0.455. The number of nitrogens with one attached hydrogen (secondary N) is 2. The number of rotatable bonds is 5. The molecule has 0 saturated heterocycles. The van der Waals surface area contributed by atoms with Gasteiger partial charge in [0, 0.05) is 6.20 Å². The van der Waals surface area contributed by atoms with E-state index in [4.69, 9.17) is 5.11 Å². The molecule has 0 aliphatic heterocycles. The quantitative estimate of drug-likeness (QED) is 0.691. The maximum atomic E-state index is 11.8. The number of hydrogen-bond donors (Lipinski definition) is 3. The molecule has 18 heavy (non-hydrogen) atoms. The van der Waals surface area contributed by atoms with Crippen molar-refractivity contribution in [3.05, 3.63) is 28.4 Å². The summed E-state index contributed by atoms with van der Waals surface area (Å²) in [4.78, 5) is 39.7. The lowest BCUT2D eigenvalue weighted by Gasteiger charge is -2.25. The largest absolute Gasteiger partial charge is 0.480 e. The summed E-state index contributed by atoms with van der Waals surface area (Å²) < 4.78 is 0. The van der Waals surface area contributed by atoms with Crippen molar-refractivity contribution in [2.24, 2.45) is 0 Å². The standard InChI is InChI=1S/C11H15N3O4/c1-3-4-11(2,10(17)18)14-9(16)7-5-13-8(15)6-12-7/h5-6H,3-4H2,1-2H3,(H,13,15)(H,14,16)(H,17,18). The van der Waals surface area contributed by atoms with Crippen molar-refractivity contribution >= 4 is 11.9 Å². The second-order valence-electron chi connectivity index (χ2n) is 4.14. The Balaban J connectivity index is 2.88. The summed E-state index contributed by atoms with van der Waals surface area (Å²) in [5.41, 5.74) is -1.80. The van der Waals surface area contributed by atoms with Gasteiger partial charge in [0.1, 0.15) is 11.2 Å². The summed E-state index contributed by atoms with van der Waals surface area (Å²) in [7, 11) is 0. The number of aromatic nitrogens is 2. The molecule has 0 aliphatic carbocycles. The lowest BCUT2D eigenvalue weighted by atomic mass is 9.96. The molecule has 1 aromatic heterocycles. The zero-order chi connectivity index (χ0) is 13.8. The number of hydrogen-bond acceptors (Lipinski definition) is 4. The molecule has 0 saturated carbocycles. The molecule has 1 atom stereocenters. The van der Waals surface area contributed by atoms with E-state index < -0.39 is 23.0 Å². The second kappa shape index (κ2) is 5.44. The van der Waals surface area contributed by atoms with Crippen molar-refractivity contribution in [1.82, 2.24) is 15.3 Å². The highest BCUT2D eigenvalue weighted by Crippen LogP contribution is 2.13. The summed E-state index contributed by atoms with van der Waals surface area (Å²) in [6.45, 7) is 3.26. The van der Waals surface area contributed by atoms with Gasteiger partial charge in [0.2, 0.25) is 0 Å². The zero-order valence-corrected chi connectivity index (χ0v) is 10.2.